The van der Waals surface area contributed by atoms with Gasteiger partial charge in [-0.05, 0) is 24.6 Å². The van der Waals surface area contributed by atoms with Crippen LogP contribution in [0.3, 0.4) is 0 Å². The van der Waals surface area contributed by atoms with Crippen molar-refractivity contribution in [2.45, 2.75) is 13.3 Å². The molecule has 0 aliphatic heterocycles. The van der Waals surface area contributed by atoms with Crippen molar-refractivity contribution in [2.24, 2.45) is 0 Å². The van der Waals surface area contributed by atoms with Crippen LogP contribution in [0, 0.1) is 5.41 Å². The third-order valence-corrected chi connectivity index (χ3v) is 1.50. The molecule has 0 atom stereocenters. The molecule has 76 valence electrons. The van der Waals surface area contributed by atoms with Gasteiger partial charge in [0.05, 0.1) is 0 Å². The molecule has 2 nitrogen and oxygen atoms in total. The van der Waals surface area contributed by atoms with E-state index in [1.807, 2.05) is 0 Å². The Morgan fingerprint density at radius 1 is 1.36 bits per heavy atom. The minimum absolute atomic E-state index is 0.192. The average molecular weight is 203 g/mol. The summed E-state index contributed by atoms with van der Waals surface area (Å²) in [6.07, 6.45) is -4.69. The van der Waals surface area contributed by atoms with Crippen LogP contribution in [0.25, 0.3) is 0 Å². The van der Waals surface area contributed by atoms with Crippen LogP contribution in [0.15, 0.2) is 24.3 Å². The maximum atomic E-state index is 11.8. The Labute approximate surface area is 78.8 Å². The molecule has 1 aromatic carbocycles. The molecule has 0 aromatic heterocycles. The zero-order valence-corrected chi connectivity index (χ0v) is 7.35. The third-order valence-electron chi connectivity index (χ3n) is 1.50. The van der Waals surface area contributed by atoms with Gasteiger partial charge < -0.3 is 10.1 Å². The van der Waals surface area contributed by atoms with E-state index in [2.05, 4.69) is 4.74 Å². The molecular weight excluding hydrogens is 195 g/mol. The van der Waals surface area contributed by atoms with Crippen molar-refractivity contribution >= 4 is 5.71 Å². The number of benzene rings is 1. The van der Waals surface area contributed by atoms with E-state index in [1.54, 1.807) is 6.07 Å². The van der Waals surface area contributed by atoms with Crippen LogP contribution >= 0.6 is 0 Å². The summed E-state index contributed by atoms with van der Waals surface area (Å²) in [7, 11) is 0. The molecular formula is C9H8F3NO. The molecule has 0 aliphatic carbocycles. The van der Waals surface area contributed by atoms with E-state index < -0.39 is 6.36 Å². The fourth-order valence-corrected chi connectivity index (χ4v) is 0.926. The first-order chi connectivity index (χ1) is 6.38. The Bertz CT molecular complexity index is 346. The molecule has 0 spiro atoms. The minimum atomic E-state index is -4.69. The molecule has 1 aromatic rings. The maximum absolute atomic E-state index is 11.8. The highest BCUT2D eigenvalue weighted by atomic mass is 19.4. The van der Waals surface area contributed by atoms with Gasteiger partial charge in [-0.1, -0.05) is 12.1 Å². The standard InChI is InChI=1S/C9H8F3NO/c1-6(13)7-3-2-4-8(5-7)14-9(10,11)12/h2-5,13H,1H3. The van der Waals surface area contributed by atoms with Gasteiger partial charge in [-0.2, -0.15) is 0 Å². The molecule has 1 rings (SSSR count). The monoisotopic (exact) mass is 203 g/mol. The second-order valence-electron chi connectivity index (χ2n) is 2.70. The van der Waals surface area contributed by atoms with Crippen molar-refractivity contribution in [3.63, 3.8) is 0 Å². The van der Waals surface area contributed by atoms with Gasteiger partial charge in [0.15, 0.2) is 0 Å². The van der Waals surface area contributed by atoms with Crippen molar-refractivity contribution in [3.8, 4) is 5.75 Å². The number of ether oxygens (including phenoxy) is 1. The van der Waals surface area contributed by atoms with Crippen molar-refractivity contribution in [1.82, 2.24) is 0 Å². The molecule has 0 saturated carbocycles. The topological polar surface area (TPSA) is 33.1 Å². The summed E-state index contributed by atoms with van der Waals surface area (Å²) < 4.78 is 39.1. The zero-order chi connectivity index (χ0) is 10.8. The van der Waals surface area contributed by atoms with Gasteiger partial charge in [0, 0.05) is 5.71 Å². The van der Waals surface area contributed by atoms with Crippen LogP contribution in [-0.4, -0.2) is 12.1 Å². The first kappa shape index (κ1) is 10.6. The van der Waals surface area contributed by atoms with Gasteiger partial charge in [0.25, 0.3) is 0 Å². The predicted octanol–water partition coefficient (Wildman–Crippen LogP) is 2.97. The smallest absolute Gasteiger partial charge is 0.406 e. The lowest BCUT2D eigenvalue weighted by Gasteiger charge is -2.09. The molecule has 0 aliphatic rings. The van der Waals surface area contributed by atoms with E-state index in [-0.39, 0.29) is 11.5 Å². The highest BCUT2D eigenvalue weighted by molar-refractivity contribution is 5.96. The lowest BCUT2D eigenvalue weighted by molar-refractivity contribution is -0.274. The number of rotatable bonds is 2. The Morgan fingerprint density at radius 2 is 2.00 bits per heavy atom. The highest BCUT2D eigenvalue weighted by Gasteiger charge is 2.31. The van der Waals surface area contributed by atoms with Crippen LogP contribution in [0.4, 0.5) is 13.2 Å². The zero-order valence-electron chi connectivity index (χ0n) is 7.35. The number of hydrogen-bond donors (Lipinski definition) is 1. The van der Waals surface area contributed by atoms with E-state index in [0.717, 1.165) is 0 Å². The quantitative estimate of drug-likeness (QED) is 0.736. The van der Waals surface area contributed by atoms with E-state index in [0.29, 0.717) is 5.56 Å². The first-order valence-corrected chi connectivity index (χ1v) is 3.80. The van der Waals surface area contributed by atoms with Crippen molar-refractivity contribution < 1.29 is 17.9 Å². The largest absolute Gasteiger partial charge is 0.573 e. The molecule has 0 radical (unpaired) electrons. The average Bonchev–Trinajstić information content (AvgIpc) is 2.01. The number of hydrogen-bond acceptors (Lipinski definition) is 2. The molecule has 0 fully saturated rings. The number of halogens is 3. The van der Waals surface area contributed by atoms with Crippen LogP contribution < -0.4 is 4.74 Å². The van der Waals surface area contributed by atoms with Gasteiger partial charge in [-0.3, -0.25) is 0 Å². The summed E-state index contributed by atoms with van der Waals surface area (Å²) in [4.78, 5) is 0. The van der Waals surface area contributed by atoms with Gasteiger partial charge in [0.1, 0.15) is 5.75 Å². The molecule has 5 heteroatoms. The van der Waals surface area contributed by atoms with E-state index >= 15 is 0 Å². The number of alkyl halides is 3. The normalized spacial score (nSPS) is 11.1. The predicted molar refractivity (Wildman–Crippen MR) is 45.6 cm³/mol. The Balaban J connectivity index is 2.89. The fourth-order valence-electron chi connectivity index (χ4n) is 0.926. The lowest BCUT2D eigenvalue weighted by atomic mass is 10.1. The Kier molecular flexibility index (Phi) is 2.78. The maximum Gasteiger partial charge on any atom is 0.573 e. The van der Waals surface area contributed by atoms with E-state index in [9.17, 15) is 13.2 Å². The summed E-state index contributed by atoms with van der Waals surface area (Å²) in [5, 5.41) is 7.23. The van der Waals surface area contributed by atoms with Gasteiger partial charge >= 0.3 is 6.36 Å². The van der Waals surface area contributed by atoms with E-state index in [4.69, 9.17) is 5.41 Å². The first-order valence-electron chi connectivity index (χ1n) is 3.80. The molecule has 0 unspecified atom stereocenters. The minimum Gasteiger partial charge on any atom is -0.406 e. The summed E-state index contributed by atoms with van der Waals surface area (Å²) in [6, 6.07) is 5.33. The van der Waals surface area contributed by atoms with Gasteiger partial charge in [-0.15, -0.1) is 13.2 Å². The Hall–Kier alpha value is -1.52. The Morgan fingerprint density at radius 3 is 2.50 bits per heavy atom. The van der Waals surface area contributed by atoms with Crippen LogP contribution in [0.2, 0.25) is 0 Å². The summed E-state index contributed by atoms with van der Waals surface area (Å²) in [6.45, 7) is 1.49. The number of nitrogens with one attached hydrogen (secondary N) is 1. The van der Waals surface area contributed by atoms with Crippen molar-refractivity contribution in [3.05, 3.63) is 29.8 Å². The summed E-state index contributed by atoms with van der Waals surface area (Å²) in [5.41, 5.74) is 0.601. The molecule has 0 saturated heterocycles. The molecule has 14 heavy (non-hydrogen) atoms. The van der Waals surface area contributed by atoms with E-state index in [1.165, 1.54) is 25.1 Å². The van der Waals surface area contributed by atoms with Gasteiger partial charge in [-0.25, -0.2) is 0 Å². The second kappa shape index (κ2) is 3.69. The third kappa shape index (κ3) is 3.08. The fraction of sp³-hybridized carbons (Fsp3) is 0.222. The summed E-state index contributed by atoms with van der Waals surface area (Å²) >= 11 is 0. The van der Waals surface area contributed by atoms with Crippen LogP contribution in [0.1, 0.15) is 12.5 Å². The van der Waals surface area contributed by atoms with Crippen LogP contribution in [-0.2, 0) is 0 Å². The van der Waals surface area contributed by atoms with Gasteiger partial charge in [0.2, 0.25) is 0 Å². The molecule has 0 heterocycles. The SMILES string of the molecule is CC(=N)c1cccc(OC(F)(F)F)c1. The highest BCUT2D eigenvalue weighted by Crippen LogP contribution is 2.23. The molecule has 1 N–H and O–H groups in total. The van der Waals surface area contributed by atoms with Crippen molar-refractivity contribution in [1.29, 1.82) is 5.41 Å². The van der Waals surface area contributed by atoms with Crippen LogP contribution in [0.5, 0.6) is 5.75 Å². The molecule has 0 bridgehead atoms. The summed E-state index contributed by atoms with van der Waals surface area (Å²) in [5.74, 6) is -0.304. The molecule has 0 amide bonds. The van der Waals surface area contributed by atoms with Crippen molar-refractivity contribution in [2.75, 3.05) is 0 Å². The second-order valence-corrected chi connectivity index (χ2v) is 2.70. The lowest BCUT2D eigenvalue weighted by Crippen LogP contribution is -2.17.